The first-order chi connectivity index (χ1) is 11.2. The number of rotatable bonds is 5. The van der Waals surface area contributed by atoms with Crippen molar-refractivity contribution in [3.8, 4) is 0 Å². The second-order valence-corrected chi connectivity index (χ2v) is 8.03. The predicted octanol–water partition coefficient (Wildman–Crippen LogP) is 2.56. The fraction of sp³-hybridized carbons (Fsp3) is 0.625. The Morgan fingerprint density at radius 2 is 2.13 bits per heavy atom. The molecule has 1 atom stereocenters. The van der Waals surface area contributed by atoms with E-state index in [-0.39, 0.29) is 30.2 Å². The first-order valence-electron chi connectivity index (χ1n) is 7.94. The van der Waals surface area contributed by atoms with Crippen LogP contribution in [0.2, 0.25) is 0 Å². The van der Waals surface area contributed by atoms with Gasteiger partial charge in [-0.25, -0.2) is 0 Å². The number of carbonyl (C=O) groups excluding carboxylic acids is 1. The number of aliphatic carboxylic acids is 1. The molecule has 2 aliphatic heterocycles. The number of hydrogen-bond acceptors (Lipinski definition) is 5. The van der Waals surface area contributed by atoms with E-state index in [1.54, 1.807) is 28.0 Å². The summed E-state index contributed by atoms with van der Waals surface area (Å²) in [6.07, 6.45) is 2.60. The standard InChI is InChI=1S/C16H21NO4S2/c18-14(19)1-6-17(11-2-7-21-8-3-11)16(20)15-12-4-9-22-13(12)5-10-23-15/h4,9,11,15H,1-3,5-8,10H2,(H,18,19)/t15-/m0/s1. The summed E-state index contributed by atoms with van der Waals surface area (Å²) in [4.78, 5) is 27.2. The molecule has 0 unspecified atom stereocenters. The molecule has 126 valence electrons. The number of aryl methyl sites for hydroxylation is 1. The fourth-order valence-electron chi connectivity index (χ4n) is 3.19. The lowest BCUT2D eigenvalue weighted by molar-refractivity contribution is -0.140. The van der Waals surface area contributed by atoms with Crippen LogP contribution in [-0.4, -0.2) is 53.4 Å². The van der Waals surface area contributed by atoms with E-state index in [0.717, 1.165) is 30.6 Å². The monoisotopic (exact) mass is 355 g/mol. The molecule has 0 bridgehead atoms. The van der Waals surface area contributed by atoms with Gasteiger partial charge in [0.1, 0.15) is 5.25 Å². The molecule has 1 aromatic heterocycles. The Balaban J connectivity index is 1.78. The Kier molecular flexibility index (Phi) is 5.61. The van der Waals surface area contributed by atoms with E-state index in [9.17, 15) is 9.59 Å². The number of carbonyl (C=O) groups is 2. The van der Waals surface area contributed by atoms with Crippen molar-refractivity contribution in [3.05, 3.63) is 21.9 Å². The molecule has 23 heavy (non-hydrogen) atoms. The number of hydrogen-bond donors (Lipinski definition) is 1. The van der Waals surface area contributed by atoms with E-state index >= 15 is 0 Å². The molecule has 1 amide bonds. The summed E-state index contributed by atoms with van der Waals surface area (Å²) in [5, 5.41) is 10.9. The summed E-state index contributed by atoms with van der Waals surface area (Å²) in [6, 6.07) is 2.15. The van der Waals surface area contributed by atoms with Gasteiger partial charge in [0.25, 0.3) is 0 Å². The van der Waals surface area contributed by atoms with Gasteiger partial charge in [0.05, 0.1) is 6.42 Å². The Hall–Kier alpha value is -1.05. The number of ether oxygens (including phenoxy) is 1. The van der Waals surface area contributed by atoms with Gasteiger partial charge < -0.3 is 14.7 Å². The highest BCUT2D eigenvalue weighted by Gasteiger charge is 2.35. The molecule has 0 aliphatic carbocycles. The van der Waals surface area contributed by atoms with Gasteiger partial charge in [-0.2, -0.15) is 0 Å². The van der Waals surface area contributed by atoms with Crippen molar-refractivity contribution in [1.29, 1.82) is 0 Å². The number of thiophene rings is 1. The SMILES string of the molecule is O=C(O)CCN(C(=O)[C@H]1SCCc2sccc21)C1CCOCC1. The van der Waals surface area contributed by atoms with E-state index in [1.165, 1.54) is 4.88 Å². The average molecular weight is 355 g/mol. The zero-order valence-corrected chi connectivity index (χ0v) is 14.5. The Morgan fingerprint density at radius 3 is 2.87 bits per heavy atom. The second kappa shape index (κ2) is 7.68. The van der Waals surface area contributed by atoms with Gasteiger partial charge in [-0.15, -0.1) is 23.1 Å². The number of nitrogens with zero attached hydrogens (tertiary/aromatic N) is 1. The maximum absolute atomic E-state index is 13.1. The van der Waals surface area contributed by atoms with E-state index in [4.69, 9.17) is 9.84 Å². The lowest BCUT2D eigenvalue weighted by Crippen LogP contribution is -2.46. The number of amides is 1. The quantitative estimate of drug-likeness (QED) is 0.879. The minimum absolute atomic E-state index is 0.00300. The molecule has 0 spiro atoms. The number of thioether (sulfide) groups is 1. The molecule has 0 aromatic carbocycles. The van der Waals surface area contributed by atoms with Crippen LogP contribution >= 0.6 is 23.1 Å². The first kappa shape index (κ1) is 16.8. The van der Waals surface area contributed by atoms with Gasteiger partial charge in [-0.05, 0) is 42.0 Å². The van der Waals surface area contributed by atoms with Crippen molar-refractivity contribution in [2.75, 3.05) is 25.5 Å². The lowest BCUT2D eigenvalue weighted by Gasteiger charge is -2.37. The largest absolute Gasteiger partial charge is 0.481 e. The van der Waals surface area contributed by atoms with Gasteiger partial charge in [0.15, 0.2) is 0 Å². The average Bonchev–Trinajstić information content (AvgIpc) is 3.04. The molecule has 2 aliphatic rings. The van der Waals surface area contributed by atoms with Gasteiger partial charge in [-0.1, -0.05) is 0 Å². The molecule has 1 saturated heterocycles. The molecule has 5 nitrogen and oxygen atoms in total. The summed E-state index contributed by atoms with van der Waals surface area (Å²) in [5.74, 6) is 0.162. The first-order valence-corrected chi connectivity index (χ1v) is 9.87. The molecule has 0 saturated carbocycles. The highest BCUT2D eigenvalue weighted by Crippen LogP contribution is 2.41. The van der Waals surface area contributed by atoms with E-state index in [2.05, 4.69) is 0 Å². The molecule has 3 heterocycles. The van der Waals surface area contributed by atoms with Gasteiger partial charge in [0, 0.05) is 30.7 Å². The summed E-state index contributed by atoms with van der Waals surface area (Å²) >= 11 is 3.40. The van der Waals surface area contributed by atoms with Crippen molar-refractivity contribution >= 4 is 35.0 Å². The minimum atomic E-state index is -0.859. The molecule has 7 heteroatoms. The third-order valence-electron chi connectivity index (χ3n) is 4.38. The number of fused-ring (bicyclic) bond motifs is 1. The third-order valence-corrected chi connectivity index (χ3v) is 6.61. The zero-order valence-electron chi connectivity index (χ0n) is 12.9. The van der Waals surface area contributed by atoms with Crippen molar-refractivity contribution in [3.63, 3.8) is 0 Å². The van der Waals surface area contributed by atoms with Crippen LogP contribution < -0.4 is 0 Å². The maximum Gasteiger partial charge on any atom is 0.305 e. The van der Waals surface area contributed by atoms with Crippen LogP contribution in [-0.2, 0) is 20.7 Å². The van der Waals surface area contributed by atoms with Gasteiger partial charge >= 0.3 is 5.97 Å². The van der Waals surface area contributed by atoms with Crippen molar-refractivity contribution in [1.82, 2.24) is 4.90 Å². The zero-order chi connectivity index (χ0) is 16.2. The van der Waals surface area contributed by atoms with E-state index in [0.29, 0.717) is 13.2 Å². The van der Waals surface area contributed by atoms with Crippen LogP contribution in [0.4, 0.5) is 0 Å². The second-order valence-electron chi connectivity index (χ2n) is 5.82. The summed E-state index contributed by atoms with van der Waals surface area (Å²) < 4.78 is 5.39. The molecule has 1 aromatic rings. The molecule has 1 fully saturated rings. The van der Waals surface area contributed by atoms with Crippen LogP contribution in [0, 0.1) is 0 Å². The minimum Gasteiger partial charge on any atom is -0.481 e. The van der Waals surface area contributed by atoms with Crippen LogP contribution in [0.1, 0.15) is 35.0 Å². The van der Waals surface area contributed by atoms with Crippen molar-refractivity contribution in [2.45, 2.75) is 37.0 Å². The summed E-state index contributed by atoms with van der Waals surface area (Å²) in [5.41, 5.74) is 1.13. The lowest BCUT2D eigenvalue weighted by atomic mass is 10.0. The smallest absolute Gasteiger partial charge is 0.305 e. The van der Waals surface area contributed by atoms with Gasteiger partial charge in [-0.3, -0.25) is 9.59 Å². The number of carboxylic acids is 1. The Bertz CT molecular complexity index is 568. The Morgan fingerprint density at radius 1 is 1.35 bits per heavy atom. The number of carboxylic acid groups (broad SMARTS) is 1. The van der Waals surface area contributed by atoms with Crippen LogP contribution in [0.15, 0.2) is 11.4 Å². The Labute approximate surface area is 144 Å². The van der Waals surface area contributed by atoms with Gasteiger partial charge in [0.2, 0.25) is 5.91 Å². The molecule has 1 N–H and O–H groups in total. The topological polar surface area (TPSA) is 66.8 Å². The summed E-state index contributed by atoms with van der Waals surface area (Å²) in [7, 11) is 0. The molecular weight excluding hydrogens is 334 g/mol. The van der Waals surface area contributed by atoms with Crippen LogP contribution in [0.3, 0.4) is 0 Å². The fourth-order valence-corrected chi connectivity index (χ4v) is 5.55. The highest BCUT2D eigenvalue weighted by atomic mass is 32.2. The molecular formula is C16H21NO4S2. The van der Waals surface area contributed by atoms with Crippen LogP contribution in [0.5, 0.6) is 0 Å². The third kappa shape index (κ3) is 3.89. The normalized spacial score (nSPS) is 21.7. The van der Waals surface area contributed by atoms with E-state index < -0.39 is 5.97 Å². The maximum atomic E-state index is 13.1. The van der Waals surface area contributed by atoms with Crippen LogP contribution in [0.25, 0.3) is 0 Å². The summed E-state index contributed by atoms with van der Waals surface area (Å²) in [6.45, 7) is 1.57. The molecule has 3 rings (SSSR count). The van der Waals surface area contributed by atoms with E-state index in [1.807, 2.05) is 11.4 Å². The predicted molar refractivity (Wildman–Crippen MR) is 91.0 cm³/mol. The molecule has 0 radical (unpaired) electrons. The van der Waals surface area contributed by atoms with Crippen molar-refractivity contribution < 1.29 is 19.4 Å². The highest BCUT2D eigenvalue weighted by molar-refractivity contribution is 8.00. The van der Waals surface area contributed by atoms with Crippen molar-refractivity contribution in [2.24, 2.45) is 0 Å².